The summed E-state index contributed by atoms with van der Waals surface area (Å²) in [4.78, 5) is 0. The molecule has 1 aromatic carbocycles. The summed E-state index contributed by atoms with van der Waals surface area (Å²) >= 11 is 0. The fourth-order valence-corrected chi connectivity index (χ4v) is 2.35. The molecule has 0 aliphatic rings. The van der Waals surface area contributed by atoms with Crippen molar-refractivity contribution in [2.24, 2.45) is 0 Å². The van der Waals surface area contributed by atoms with E-state index in [0.717, 1.165) is 17.4 Å². The topological polar surface area (TPSA) is 86.2 Å². The first-order valence-corrected chi connectivity index (χ1v) is 7.77. The lowest BCUT2D eigenvalue weighted by Gasteiger charge is -2.08. The molecule has 1 atom stereocenters. The first-order chi connectivity index (χ1) is 8.80. The lowest BCUT2D eigenvalue weighted by molar-refractivity contribution is 0.385. The molecule has 0 saturated heterocycles. The predicted molar refractivity (Wildman–Crippen MR) is 74.3 cm³/mol. The van der Waals surface area contributed by atoms with Gasteiger partial charge in [0.05, 0.1) is 5.56 Å². The van der Waals surface area contributed by atoms with Crippen molar-refractivity contribution in [1.29, 1.82) is 0 Å². The van der Waals surface area contributed by atoms with Crippen LogP contribution in [0.3, 0.4) is 0 Å². The Labute approximate surface area is 112 Å². The van der Waals surface area contributed by atoms with E-state index < -0.39 is 15.1 Å². The summed E-state index contributed by atoms with van der Waals surface area (Å²) in [6, 6.07) is 7.60. The molecule has 0 aliphatic carbocycles. The Hall–Kier alpha value is -1.82. The van der Waals surface area contributed by atoms with E-state index in [4.69, 9.17) is 10.3 Å². The van der Waals surface area contributed by atoms with Crippen LogP contribution in [0.2, 0.25) is 0 Å². The Morgan fingerprint density at radius 2 is 1.84 bits per heavy atom. The summed E-state index contributed by atoms with van der Waals surface area (Å²) in [6.45, 7) is 3.54. The van der Waals surface area contributed by atoms with Crippen LogP contribution in [0.25, 0.3) is 11.1 Å². The lowest BCUT2D eigenvalue weighted by atomic mass is 10.0. The molecule has 0 aliphatic heterocycles. The number of sulfone groups is 1. The fourth-order valence-electron chi connectivity index (χ4n) is 1.80. The van der Waals surface area contributed by atoms with Gasteiger partial charge < -0.3 is 10.3 Å². The van der Waals surface area contributed by atoms with Gasteiger partial charge in [-0.2, -0.15) is 0 Å². The molecule has 0 radical (unpaired) electrons. The second kappa shape index (κ2) is 4.70. The molecular weight excluding hydrogens is 264 g/mol. The lowest BCUT2D eigenvalue weighted by Crippen LogP contribution is -2.08. The van der Waals surface area contributed by atoms with Gasteiger partial charge in [-0.05, 0) is 19.4 Å². The Bertz CT molecular complexity index is 687. The van der Waals surface area contributed by atoms with Crippen molar-refractivity contribution in [1.82, 2.24) is 5.16 Å². The Kier molecular flexibility index (Phi) is 3.36. The standard InChI is InChI=1S/C13H16N2O3S/c1-8-4-6-10(7-5-8)11-12(18-15-13(11)14)9(2)19(3,16)17/h4-7,9H,1-3H3,(H2,14,15). The van der Waals surface area contributed by atoms with E-state index in [9.17, 15) is 8.42 Å². The van der Waals surface area contributed by atoms with Gasteiger partial charge in [0.1, 0.15) is 5.25 Å². The maximum absolute atomic E-state index is 11.6. The van der Waals surface area contributed by atoms with Crippen LogP contribution in [-0.4, -0.2) is 19.8 Å². The molecule has 0 bridgehead atoms. The number of hydrogen-bond acceptors (Lipinski definition) is 5. The van der Waals surface area contributed by atoms with Gasteiger partial charge in [-0.1, -0.05) is 35.0 Å². The molecule has 0 saturated carbocycles. The minimum atomic E-state index is -3.27. The molecule has 1 unspecified atom stereocenters. The van der Waals surface area contributed by atoms with Crippen molar-refractivity contribution in [3.05, 3.63) is 35.6 Å². The number of nitrogens with two attached hydrogens (primary N) is 1. The number of nitrogens with zero attached hydrogens (tertiary/aromatic N) is 1. The molecule has 19 heavy (non-hydrogen) atoms. The van der Waals surface area contributed by atoms with Gasteiger partial charge in [-0.3, -0.25) is 0 Å². The molecule has 2 rings (SSSR count). The van der Waals surface area contributed by atoms with Gasteiger partial charge in [0.25, 0.3) is 0 Å². The van der Waals surface area contributed by atoms with E-state index in [1.807, 2.05) is 31.2 Å². The molecule has 6 heteroatoms. The third-order valence-electron chi connectivity index (χ3n) is 3.10. The summed E-state index contributed by atoms with van der Waals surface area (Å²) in [5, 5.41) is 2.90. The molecule has 5 nitrogen and oxygen atoms in total. The molecule has 102 valence electrons. The minimum absolute atomic E-state index is 0.203. The van der Waals surface area contributed by atoms with Crippen LogP contribution in [0.15, 0.2) is 28.8 Å². The van der Waals surface area contributed by atoms with Gasteiger partial charge in [-0.25, -0.2) is 8.42 Å². The van der Waals surface area contributed by atoms with E-state index in [1.165, 1.54) is 0 Å². The van der Waals surface area contributed by atoms with Gasteiger partial charge >= 0.3 is 0 Å². The Balaban J connectivity index is 2.58. The number of nitrogen functional groups attached to an aromatic ring is 1. The van der Waals surface area contributed by atoms with Crippen molar-refractivity contribution < 1.29 is 12.9 Å². The third kappa shape index (κ3) is 2.63. The second-order valence-corrected chi connectivity index (χ2v) is 7.01. The van der Waals surface area contributed by atoms with Crippen molar-refractivity contribution in [2.45, 2.75) is 19.1 Å². The number of aromatic nitrogens is 1. The molecule has 0 amide bonds. The largest absolute Gasteiger partial charge is 0.380 e. The van der Waals surface area contributed by atoms with Crippen LogP contribution in [0.4, 0.5) is 5.82 Å². The first kappa shape index (κ1) is 13.6. The van der Waals surface area contributed by atoms with Crippen molar-refractivity contribution in [3.63, 3.8) is 0 Å². The third-order valence-corrected chi connectivity index (χ3v) is 4.60. The summed E-state index contributed by atoms with van der Waals surface area (Å²) in [7, 11) is -3.27. The van der Waals surface area contributed by atoms with Crippen molar-refractivity contribution in [2.75, 3.05) is 12.0 Å². The normalized spacial score (nSPS) is 13.4. The maximum Gasteiger partial charge on any atom is 0.175 e. The van der Waals surface area contributed by atoms with E-state index >= 15 is 0 Å². The molecule has 0 spiro atoms. The average Bonchev–Trinajstić information content (AvgIpc) is 2.70. The van der Waals surface area contributed by atoms with Crippen LogP contribution in [0.5, 0.6) is 0 Å². The SMILES string of the molecule is Cc1ccc(-c2c(N)noc2C(C)S(C)(=O)=O)cc1. The average molecular weight is 280 g/mol. The molecule has 1 heterocycles. The van der Waals surface area contributed by atoms with E-state index in [2.05, 4.69) is 5.16 Å². The zero-order valence-corrected chi connectivity index (χ0v) is 11.9. The Morgan fingerprint density at radius 3 is 2.37 bits per heavy atom. The first-order valence-electron chi connectivity index (χ1n) is 5.81. The molecule has 2 N–H and O–H groups in total. The number of rotatable bonds is 3. The van der Waals surface area contributed by atoms with Gasteiger partial charge in [0.15, 0.2) is 21.4 Å². The highest BCUT2D eigenvalue weighted by molar-refractivity contribution is 7.90. The summed E-state index contributed by atoms with van der Waals surface area (Å²) in [6.07, 6.45) is 1.16. The minimum Gasteiger partial charge on any atom is -0.380 e. The number of benzene rings is 1. The smallest absolute Gasteiger partial charge is 0.175 e. The van der Waals surface area contributed by atoms with E-state index in [0.29, 0.717) is 5.56 Å². The van der Waals surface area contributed by atoms with Gasteiger partial charge in [0, 0.05) is 6.26 Å². The van der Waals surface area contributed by atoms with Crippen LogP contribution in [0.1, 0.15) is 23.5 Å². The van der Waals surface area contributed by atoms with Crippen molar-refractivity contribution in [3.8, 4) is 11.1 Å². The molecule has 0 fully saturated rings. The summed E-state index contributed by atoms with van der Waals surface area (Å²) in [5.74, 6) is 0.484. The highest BCUT2D eigenvalue weighted by Crippen LogP contribution is 2.36. The fraction of sp³-hybridized carbons (Fsp3) is 0.308. The quantitative estimate of drug-likeness (QED) is 0.932. The van der Waals surface area contributed by atoms with Crippen molar-refractivity contribution >= 4 is 15.7 Å². The zero-order valence-electron chi connectivity index (χ0n) is 11.0. The monoisotopic (exact) mass is 280 g/mol. The zero-order chi connectivity index (χ0) is 14.2. The Morgan fingerprint density at radius 1 is 1.26 bits per heavy atom. The molecular formula is C13H16N2O3S. The second-order valence-electron chi connectivity index (χ2n) is 4.64. The number of aryl methyl sites for hydroxylation is 1. The van der Waals surface area contributed by atoms with E-state index in [-0.39, 0.29) is 11.6 Å². The summed E-state index contributed by atoms with van der Waals surface area (Å²) in [5.41, 5.74) is 8.26. The van der Waals surface area contributed by atoms with E-state index in [1.54, 1.807) is 6.92 Å². The highest BCUT2D eigenvalue weighted by Gasteiger charge is 2.27. The van der Waals surface area contributed by atoms with Crippen LogP contribution >= 0.6 is 0 Å². The number of anilines is 1. The molecule has 1 aromatic heterocycles. The number of hydrogen-bond donors (Lipinski definition) is 1. The van der Waals surface area contributed by atoms with Crippen LogP contribution < -0.4 is 5.73 Å². The predicted octanol–water partition coefficient (Wildman–Crippen LogP) is 2.34. The molecule has 2 aromatic rings. The van der Waals surface area contributed by atoms with Gasteiger partial charge in [0.2, 0.25) is 0 Å². The van der Waals surface area contributed by atoms with Gasteiger partial charge in [-0.15, -0.1) is 0 Å². The van der Waals surface area contributed by atoms with Crippen LogP contribution in [-0.2, 0) is 9.84 Å². The van der Waals surface area contributed by atoms with Crippen LogP contribution in [0, 0.1) is 6.92 Å². The maximum atomic E-state index is 11.6. The summed E-state index contributed by atoms with van der Waals surface area (Å²) < 4.78 is 28.4. The highest BCUT2D eigenvalue weighted by atomic mass is 32.2.